The van der Waals surface area contributed by atoms with E-state index in [0.29, 0.717) is 11.8 Å². The fraction of sp³-hybridized carbons (Fsp3) is 0.933. The van der Waals surface area contributed by atoms with Gasteiger partial charge in [-0.15, -0.1) is 0 Å². The molecule has 2 heterocycles. The van der Waals surface area contributed by atoms with E-state index in [-0.39, 0.29) is 5.92 Å². The quantitative estimate of drug-likeness (QED) is 0.824. The van der Waals surface area contributed by atoms with Gasteiger partial charge >= 0.3 is 0 Å². The Kier molecular flexibility index (Phi) is 6.11. The summed E-state index contributed by atoms with van der Waals surface area (Å²) in [5.41, 5.74) is 0. The number of nitrogens with zero attached hydrogens (tertiary/aromatic N) is 1. The lowest BCUT2D eigenvalue weighted by Crippen LogP contribution is -2.44. The van der Waals surface area contributed by atoms with Gasteiger partial charge in [-0.3, -0.25) is 4.79 Å². The smallest absolute Gasteiger partial charge is 0.225 e. The zero-order valence-corrected chi connectivity index (χ0v) is 12.2. The summed E-state index contributed by atoms with van der Waals surface area (Å²) in [4.78, 5) is 14.7. The van der Waals surface area contributed by atoms with Crippen LogP contribution in [0.15, 0.2) is 0 Å². The Bertz CT molecular complexity index is 271. The molecule has 110 valence electrons. The summed E-state index contributed by atoms with van der Waals surface area (Å²) in [5.74, 6) is 1.22. The molecular formula is C15H28N2O2. The van der Waals surface area contributed by atoms with Gasteiger partial charge in [0, 0.05) is 32.2 Å². The van der Waals surface area contributed by atoms with Crippen LogP contribution in [-0.2, 0) is 9.53 Å². The number of hydrogen-bond acceptors (Lipinski definition) is 3. The standard InChI is InChI=1S/C15H28N2O2/c1-2-8-17(12-13-4-3-7-16-11-13)15(18)14-5-9-19-10-6-14/h13-14,16H,2-12H2,1H3. The normalized spacial score (nSPS) is 25.2. The number of carbonyl (C=O) groups excluding carboxylic acids is 1. The molecule has 2 aliphatic heterocycles. The highest BCUT2D eigenvalue weighted by molar-refractivity contribution is 5.79. The Morgan fingerprint density at radius 3 is 2.74 bits per heavy atom. The summed E-state index contributed by atoms with van der Waals surface area (Å²) in [6.07, 6.45) is 5.36. The number of amides is 1. The van der Waals surface area contributed by atoms with Crippen molar-refractivity contribution >= 4 is 5.91 Å². The molecule has 0 aromatic carbocycles. The highest BCUT2D eigenvalue weighted by Crippen LogP contribution is 2.20. The van der Waals surface area contributed by atoms with Crippen LogP contribution in [0.2, 0.25) is 0 Å². The Balaban J connectivity index is 1.87. The summed E-state index contributed by atoms with van der Waals surface area (Å²) < 4.78 is 5.36. The molecule has 2 aliphatic rings. The van der Waals surface area contributed by atoms with E-state index in [1.54, 1.807) is 0 Å². The third kappa shape index (κ3) is 4.46. The van der Waals surface area contributed by atoms with E-state index in [2.05, 4.69) is 17.1 Å². The Labute approximate surface area is 116 Å². The van der Waals surface area contributed by atoms with Gasteiger partial charge in [0.1, 0.15) is 0 Å². The first-order valence-electron chi connectivity index (χ1n) is 7.88. The lowest BCUT2D eigenvalue weighted by molar-refractivity contribution is -0.139. The lowest BCUT2D eigenvalue weighted by Gasteiger charge is -2.33. The summed E-state index contributed by atoms with van der Waals surface area (Å²) in [6.45, 7) is 7.72. The predicted molar refractivity (Wildman–Crippen MR) is 76.0 cm³/mol. The zero-order chi connectivity index (χ0) is 13.5. The van der Waals surface area contributed by atoms with Gasteiger partial charge in [-0.05, 0) is 51.1 Å². The summed E-state index contributed by atoms with van der Waals surface area (Å²) in [6, 6.07) is 0. The van der Waals surface area contributed by atoms with Gasteiger partial charge in [-0.25, -0.2) is 0 Å². The molecular weight excluding hydrogens is 240 g/mol. The highest BCUT2D eigenvalue weighted by Gasteiger charge is 2.27. The van der Waals surface area contributed by atoms with Crippen LogP contribution >= 0.6 is 0 Å². The first-order chi connectivity index (χ1) is 9.31. The van der Waals surface area contributed by atoms with Crippen molar-refractivity contribution in [3.8, 4) is 0 Å². The largest absolute Gasteiger partial charge is 0.381 e. The molecule has 0 saturated carbocycles. The lowest BCUT2D eigenvalue weighted by atomic mass is 9.95. The molecule has 1 atom stereocenters. The third-order valence-electron chi connectivity index (χ3n) is 4.25. The van der Waals surface area contributed by atoms with Crippen molar-refractivity contribution in [3.63, 3.8) is 0 Å². The van der Waals surface area contributed by atoms with E-state index in [0.717, 1.165) is 58.7 Å². The van der Waals surface area contributed by atoms with Crippen LogP contribution in [0.1, 0.15) is 39.0 Å². The molecule has 4 nitrogen and oxygen atoms in total. The minimum Gasteiger partial charge on any atom is -0.381 e. The van der Waals surface area contributed by atoms with E-state index in [4.69, 9.17) is 4.74 Å². The number of piperidine rings is 1. The van der Waals surface area contributed by atoms with Crippen molar-refractivity contribution in [2.24, 2.45) is 11.8 Å². The van der Waals surface area contributed by atoms with E-state index in [9.17, 15) is 4.79 Å². The van der Waals surface area contributed by atoms with Crippen LogP contribution < -0.4 is 5.32 Å². The molecule has 2 fully saturated rings. The summed E-state index contributed by atoms with van der Waals surface area (Å²) in [7, 11) is 0. The van der Waals surface area contributed by atoms with Gasteiger partial charge in [-0.2, -0.15) is 0 Å². The van der Waals surface area contributed by atoms with Gasteiger partial charge in [0.25, 0.3) is 0 Å². The second-order valence-corrected chi connectivity index (χ2v) is 5.88. The number of nitrogens with one attached hydrogen (secondary N) is 1. The average Bonchev–Trinajstić information content (AvgIpc) is 2.48. The average molecular weight is 268 g/mol. The third-order valence-corrected chi connectivity index (χ3v) is 4.25. The minimum atomic E-state index is 0.205. The van der Waals surface area contributed by atoms with Crippen molar-refractivity contribution in [1.82, 2.24) is 10.2 Å². The molecule has 4 heteroatoms. The molecule has 2 rings (SSSR count). The summed E-state index contributed by atoms with van der Waals surface area (Å²) >= 11 is 0. The maximum Gasteiger partial charge on any atom is 0.225 e. The molecule has 1 unspecified atom stereocenters. The molecule has 0 aliphatic carbocycles. The summed E-state index contributed by atoms with van der Waals surface area (Å²) in [5, 5.41) is 3.44. The van der Waals surface area contributed by atoms with Crippen LogP contribution in [0, 0.1) is 11.8 Å². The van der Waals surface area contributed by atoms with E-state index in [1.807, 2.05) is 0 Å². The molecule has 0 aromatic heterocycles. The molecule has 2 saturated heterocycles. The molecule has 1 amide bonds. The predicted octanol–water partition coefficient (Wildman–Crippen LogP) is 1.65. The van der Waals surface area contributed by atoms with Crippen molar-refractivity contribution in [1.29, 1.82) is 0 Å². The fourth-order valence-corrected chi connectivity index (χ4v) is 3.16. The van der Waals surface area contributed by atoms with Crippen LogP contribution in [0.4, 0.5) is 0 Å². The molecule has 1 N–H and O–H groups in total. The van der Waals surface area contributed by atoms with E-state index in [1.165, 1.54) is 12.8 Å². The van der Waals surface area contributed by atoms with Crippen LogP contribution in [0.25, 0.3) is 0 Å². The molecule has 0 bridgehead atoms. The number of ether oxygens (including phenoxy) is 1. The fourth-order valence-electron chi connectivity index (χ4n) is 3.16. The second-order valence-electron chi connectivity index (χ2n) is 5.88. The molecule has 0 spiro atoms. The monoisotopic (exact) mass is 268 g/mol. The van der Waals surface area contributed by atoms with Gasteiger partial charge < -0.3 is 15.0 Å². The topological polar surface area (TPSA) is 41.6 Å². The second kappa shape index (κ2) is 7.85. The van der Waals surface area contributed by atoms with Crippen LogP contribution in [-0.4, -0.2) is 50.2 Å². The van der Waals surface area contributed by atoms with Gasteiger partial charge in [0.2, 0.25) is 5.91 Å². The Hall–Kier alpha value is -0.610. The first-order valence-corrected chi connectivity index (χ1v) is 7.88. The van der Waals surface area contributed by atoms with Crippen molar-refractivity contribution in [3.05, 3.63) is 0 Å². The van der Waals surface area contributed by atoms with Crippen LogP contribution in [0.5, 0.6) is 0 Å². The van der Waals surface area contributed by atoms with Gasteiger partial charge in [0.15, 0.2) is 0 Å². The maximum atomic E-state index is 12.6. The van der Waals surface area contributed by atoms with Crippen LogP contribution in [0.3, 0.4) is 0 Å². The van der Waals surface area contributed by atoms with Crippen molar-refractivity contribution in [2.75, 3.05) is 39.4 Å². The number of hydrogen-bond donors (Lipinski definition) is 1. The van der Waals surface area contributed by atoms with Gasteiger partial charge in [-0.1, -0.05) is 6.92 Å². The SMILES string of the molecule is CCCN(CC1CCCNC1)C(=O)C1CCOCC1. The first kappa shape index (κ1) is 14.8. The van der Waals surface area contributed by atoms with Crippen molar-refractivity contribution in [2.45, 2.75) is 39.0 Å². The molecule has 19 heavy (non-hydrogen) atoms. The maximum absolute atomic E-state index is 12.6. The van der Waals surface area contributed by atoms with Crippen molar-refractivity contribution < 1.29 is 9.53 Å². The minimum absolute atomic E-state index is 0.205. The van der Waals surface area contributed by atoms with E-state index < -0.39 is 0 Å². The Morgan fingerprint density at radius 1 is 1.32 bits per heavy atom. The molecule has 0 radical (unpaired) electrons. The van der Waals surface area contributed by atoms with E-state index >= 15 is 0 Å². The number of rotatable bonds is 5. The highest BCUT2D eigenvalue weighted by atomic mass is 16.5. The van der Waals surface area contributed by atoms with Gasteiger partial charge in [0.05, 0.1) is 0 Å². The number of carbonyl (C=O) groups is 1. The Morgan fingerprint density at radius 2 is 2.11 bits per heavy atom. The zero-order valence-electron chi connectivity index (χ0n) is 12.2. The molecule has 0 aromatic rings.